The number of amides is 1. The van der Waals surface area contributed by atoms with E-state index in [1.807, 2.05) is 13.8 Å². The van der Waals surface area contributed by atoms with Crippen molar-refractivity contribution in [3.05, 3.63) is 32.8 Å². The molecule has 0 aliphatic carbocycles. The monoisotopic (exact) mass is 299 g/mol. The number of likely N-dealkylation sites (N-methyl/N-ethyl adjacent to an activating group) is 2. The van der Waals surface area contributed by atoms with Crippen LogP contribution in [0.5, 0.6) is 0 Å². The summed E-state index contributed by atoms with van der Waals surface area (Å²) in [6.07, 6.45) is 0. The Morgan fingerprint density at radius 1 is 1.45 bits per heavy atom. The van der Waals surface area contributed by atoms with Gasteiger partial charge in [-0.1, -0.05) is 11.6 Å². The highest BCUT2D eigenvalue weighted by molar-refractivity contribution is 6.33. The summed E-state index contributed by atoms with van der Waals surface area (Å²) in [5.74, 6) is -0.110. The van der Waals surface area contributed by atoms with Crippen molar-refractivity contribution in [1.29, 1.82) is 0 Å². The van der Waals surface area contributed by atoms with Gasteiger partial charge in [-0.2, -0.15) is 0 Å². The molecule has 0 spiro atoms. The van der Waals surface area contributed by atoms with Crippen LogP contribution in [0.1, 0.15) is 19.4 Å². The molecule has 7 heteroatoms. The minimum Gasteiger partial charge on any atom is -0.361 e. The molecule has 0 saturated heterocycles. The van der Waals surface area contributed by atoms with Gasteiger partial charge < -0.3 is 10.2 Å². The van der Waals surface area contributed by atoms with Crippen LogP contribution in [0.3, 0.4) is 0 Å². The lowest BCUT2D eigenvalue weighted by molar-refractivity contribution is -0.385. The first kappa shape index (κ1) is 16.2. The fourth-order valence-corrected chi connectivity index (χ4v) is 2.17. The van der Waals surface area contributed by atoms with Gasteiger partial charge >= 0.3 is 0 Å². The molecule has 6 nitrogen and oxygen atoms in total. The number of benzene rings is 1. The van der Waals surface area contributed by atoms with E-state index in [0.717, 1.165) is 0 Å². The van der Waals surface area contributed by atoms with Crippen molar-refractivity contribution < 1.29 is 9.72 Å². The van der Waals surface area contributed by atoms with Crippen LogP contribution >= 0.6 is 11.6 Å². The van der Waals surface area contributed by atoms with Crippen LogP contribution in [0.25, 0.3) is 0 Å². The molecule has 0 unspecified atom stereocenters. The summed E-state index contributed by atoms with van der Waals surface area (Å²) in [5, 5.41) is 13.8. The van der Waals surface area contributed by atoms with Crippen molar-refractivity contribution in [3.8, 4) is 0 Å². The van der Waals surface area contributed by atoms with Gasteiger partial charge in [0.05, 0.1) is 22.2 Å². The number of hydrogen-bond donors (Lipinski definition) is 1. The first-order chi connectivity index (χ1) is 9.40. The highest BCUT2D eigenvalue weighted by Crippen LogP contribution is 2.32. The van der Waals surface area contributed by atoms with Crippen LogP contribution in [0.4, 0.5) is 11.4 Å². The van der Waals surface area contributed by atoms with Crippen molar-refractivity contribution in [3.63, 3.8) is 0 Å². The van der Waals surface area contributed by atoms with Crippen LogP contribution in [0.15, 0.2) is 12.1 Å². The molecule has 110 valence electrons. The first-order valence-corrected chi connectivity index (χ1v) is 6.74. The van der Waals surface area contributed by atoms with Gasteiger partial charge in [-0.15, -0.1) is 0 Å². The highest BCUT2D eigenvalue weighted by Gasteiger charge is 2.18. The number of carbonyl (C=O) groups is 1. The molecule has 20 heavy (non-hydrogen) atoms. The largest absolute Gasteiger partial charge is 0.361 e. The Balaban J connectivity index is 3.07. The number of rotatable bonds is 6. The molecule has 1 rings (SSSR count). The lowest BCUT2D eigenvalue weighted by Gasteiger charge is -2.23. The number of hydrogen-bond acceptors (Lipinski definition) is 4. The molecule has 1 aromatic rings. The fraction of sp³-hybridized carbons (Fsp3) is 0.462. The zero-order chi connectivity index (χ0) is 15.3. The molecule has 0 heterocycles. The third kappa shape index (κ3) is 3.84. The molecule has 0 atom stereocenters. The summed E-state index contributed by atoms with van der Waals surface area (Å²) in [5.41, 5.74) is 1.13. The van der Waals surface area contributed by atoms with Gasteiger partial charge in [-0.05, 0) is 26.8 Å². The number of aryl methyl sites for hydroxylation is 1. The SMILES string of the molecule is CCNC(=O)CN(CC)c1cc(C)c([N+](=O)[O-])cc1Cl. The molecule has 0 aliphatic rings. The van der Waals surface area contributed by atoms with Gasteiger partial charge in [0.2, 0.25) is 5.91 Å². The Morgan fingerprint density at radius 2 is 2.10 bits per heavy atom. The number of anilines is 1. The third-order valence-electron chi connectivity index (χ3n) is 2.89. The van der Waals surface area contributed by atoms with Gasteiger partial charge in [0.15, 0.2) is 0 Å². The highest BCUT2D eigenvalue weighted by atomic mass is 35.5. The lowest BCUT2D eigenvalue weighted by Crippen LogP contribution is -2.37. The number of halogens is 1. The smallest absolute Gasteiger partial charge is 0.273 e. The van der Waals surface area contributed by atoms with E-state index in [1.165, 1.54) is 6.07 Å². The fourth-order valence-electron chi connectivity index (χ4n) is 1.89. The molecule has 0 aliphatic heterocycles. The standard InChI is InChI=1S/C13H18ClN3O3/c1-4-15-13(18)8-16(5-2)12-6-9(3)11(17(19)20)7-10(12)14/h6-7H,4-5,8H2,1-3H3,(H,15,18). The average molecular weight is 300 g/mol. The Morgan fingerprint density at radius 3 is 2.60 bits per heavy atom. The van der Waals surface area contributed by atoms with E-state index in [-0.39, 0.29) is 23.2 Å². The van der Waals surface area contributed by atoms with Crippen molar-refractivity contribution in [2.24, 2.45) is 0 Å². The average Bonchev–Trinajstić information content (AvgIpc) is 2.38. The normalized spacial score (nSPS) is 10.2. The summed E-state index contributed by atoms with van der Waals surface area (Å²) in [6, 6.07) is 2.97. The van der Waals surface area contributed by atoms with Crippen LogP contribution in [0.2, 0.25) is 5.02 Å². The minimum absolute atomic E-state index is 0.0205. The Hall–Kier alpha value is -1.82. The molecule has 0 aromatic heterocycles. The number of nitrogens with one attached hydrogen (secondary N) is 1. The molecule has 1 aromatic carbocycles. The number of nitro benzene ring substituents is 1. The van der Waals surface area contributed by atoms with E-state index in [9.17, 15) is 14.9 Å². The van der Waals surface area contributed by atoms with Crippen LogP contribution in [-0.2, 0) is 4.79 Å². The number of carbonyl (C=O) groups excluding carboxylic acids is 1. The Kier molecular flexibility index (Phi) is 5.76. The van der Waals surface area contributed by atoms with Crippen LogP contribution < -0.4 is 10.2 Å². The third-order valence-corrected chi connectivity index (χ3v) is 3.20. The van der Waals surface area contributed by atoms with Crippen LogP contribution in [0, 0.1) is 17.0 Å². The molecule has 0 radical (unpaired) electrons. The van der Waals surface area contributed by atoms with Crippen molar-refractivity contribution in [1.82, 2.24) is 5.32 Å². The molecule has 0 saturated carbocycles. The Labute approximate surface area is 122 Å². The second-order valence-electron chi connectivity index (χ2n) is 4.31. The quantitative estimate of drug-likeness (QED) is 0.647. The maximum atomic E-state index is 11.7. The van der Waals surface area contributed by atoms with E-state index in [0.29, 0.717) is 24.3 Å². The first-order valence-electron chi connectivity index (χ1n) is 6.36. The maximum Gasteiger partial charge on any atom is 0.273 e. The topological polar surface area (TPSA) is 75.5 Å². The second kappa shape index (κ2) is 7.09. The Bertz CT molecular complexity index is 520. The van der Waals surface area contributed by atoms with Gasteiger partial charge in [0, 0.05) is 24.7 Å². The minimum atomic E-state index is -0.467. The summed E-state index contributed by atoms with van der Waals surface area (Å²) in [7, 11) is 0. The van der Waals surface area contributed by atoms with E-state index >= 15 is 0 Å². The molecule has 1 N–H and O–H groups in total. The van der Waals surface area contributed by atoms with E-state index in [4.69, 9.17) is 11.6 Å². The van der Waals surface area contributed by atoms with Crippen molar-refractivity contribution in [2.45, 2.75) is 20.8 Å². The molecular formula is C13H18ClN3O3. The predicted molar refractivity (Wildman–Crippen MR) is 79.4 cm³/mol. The van der Waals surface area contributed by atoms with Gasteiger partial charge in [0.25, 0.3) is 5.69 Å². The maximum absolute atomic E-state index is 11.7. The van der Waals surface area contributed by atoms with Crippen LogP contribution in [-0.4, -0.2) is 30.5 Å². The predicted octanol–water partition coefficient (Wildman–Crippen LogP) is 2.52. The van der Waals surface area contributed by atoms with Gasteiger partial charge in [-0.3, -0.25) is 14.9 Å². The lowest BCUT2D eigenvalue weighted by atomic mass is 10.1. The van der Waals surface area contributed by atoms with E-state index in [1.54, 1.807) is 17.9 Å². The molecule has 1 amide bonds. The molecular weight excluding hydrogens is 282 g/mol. The summed E-state index contributed by atoms with van der Waals surface area (Å²) >= 11 is 6.10. The van der Waals surface area contributed by atoms with E-state index < -0.39 is 4.92 Å². The summed E-state index contributed by atoms with van der Waals surface area (Å²) in [4.78, 5) is 23.8. The van der Waals surface area contributed by atoms with Crippen molar-refractivity contribution >= 4 is 28.9 Å². The zero-order valence-electron chi connectivity index (χ0n) is 11.8. The van der Waals surface area contributed by atoms with E-state index in [2.05, 4.69) is 5.32 Å². The van der Waals surface area contributed by atoms with Crippen molar-refractivity contribution in [2.75, 3.05) is 24.5 Å². The second-order valence-corrected chi connectivity index (χ2v) is 4.72. The number of nitrogens with zero attached hydrogens (tertiary/aromatic N) is 2. The number of nitro groups is 1. The van der Waals surface area contributed by atoms with Gasteiger partial charge in [-0.25, -0.2) is 0 Å². The zero-order valence-corrected chi connectivity index (χ0v) is 12.5. The van der Waals surface area contributed by atoms with Gasteiger partial charge in [0.1, 0.15) is 0 Å². The summed E-state index contributed by atoms with van der Waals surface area (Å²) < 4.78 is 0. The molecule has 0 bridgehead atoms. The summed E-state index contributed by atoms with van der Waals surface area (Å²) in [6.45, 7) is 6.69. The molecule has 0 fully saturated rings.